The number of carbonyl (C=O) groups is 3. The third kappa shape index (κ3) is 8.32. The summed E-state index contributed by atoms with van der Waals surface area (Å²) in [5.74, 6) is -0.127. The van der Waals surface area contributed by atoms with Gasteiger partial charge in [-0.2, -0.15) is 0 Å². The van der Waals surface area contributed by atoms with E-state index in [4.69, 9.17) is 4.74 Å². The lowest BCUT2D eigenvalue weighted by Gasteiger charge is -2.40. The van der Waals surface area contributed by atoms with Crippen molar-refractivity contribution in [3.8, 4) is 0 Å². The molecule has 0 bridgehead atoms. The molecule has 2 aromatic carbocycles. The Balaban J connectivity index is 1.08. The van der Waals surface area contributed by atoms with Crippen molar-refractivity contribution in [1.82, 2.24) is 24.9 Å². The van der Waals surface area contributed by atoms with Gasteiger partial charge >= 0.3 is 12.1 Å². The average molecular weight is 775 g/mol. The summed E-state index contributed by atoms with van der Waals surface area (Å²) in [5.41, 5.74) is 3.99. The Morgan fingerprint density at radius 1 is 0.894 bits per heavy atom. The van der Waals surface area contributed by atoms with Crippen molar-refractivity contribution in [2.45, 2.75) is 70.1 Å². The predicted molar refractivity (Wildman–Crippen MR) is 190 cm³/mol. The smallest absolute Gasteiger partial charge is 0.410 e. The number of fused-ring (bicyclic) bond motifs is 1. The number of urea groups is 1. The van der Waals surface area contributed by atoms with Crippen LogP contribution in [-0.2, 0) is 22.4 Å². The van der Waals surface area contributed by atoms with Crippen molar-refractivity contribution in [2.75, 3.05) is 64.2 Å². The molecule has 0 spiro atoms. The van der Waals surface area contributed by atoms with Crippen LogP contribution < -0.4 is 10.6 Å². The molecular formula is C35H46Br2N6O4. The average Bonchev–Trinajstić information content (AvgIpc) is 3.46. The van der Waals surface area contributed by atoms with Crippen molar-refractivity contribution < 1.29 is 19.1 Å². The fourth-order valence-corrected chi connectivity index (χ4v) is 8.67. The van der Waals surface area contributed by atoms with E-state index in [0.29, 0.717) is 58.0 Å². The van der Waals surface area contributed by atoms with Gasteiger partial charge in [-0.3, -0.25) is 9.69 Å². The Hall–Kier alpha value is -2.67. The Morgan fingerprint density at radius 3 is 2.32 bits per heavy atom. The summed E-state index contributed by atoms with van der Waals surface area (Å²) in [6.07, 6.45) is 4.03. The molecule has 4 aliphatic heterocycles. The maximum absolute atomic E-state index is 14.0. The van der Waals surface area contributed by atoms with Gasteiger partial charge in [-0.05, 0) is 93.4 Å². The van der Waals surface area contributed by atoms with Crippen molar-refractivity contribution in [3.05, 3.63) is 62.0 Å². The number of benzene rings is 2. The van der Waals surface area contributed by atoms with Gasteiger partial charge in [-0.15, -0.1) is 0 Å². The zero-order valence-corrected chi connectivity index (χ0v) is 30.4. The van der Waals surface area contributed by atoms with Gasteiger partial charge in [0.05, 0.1) is 0 Å². The maximum Gasteiger partial charge on any atom is 0.410 e. The SMILES string of the molecule is Cc1c(Br)cc(C[C@@H](OC(=O)N2CCC(N3CCc4ccccc4NC3=O)CC2)C(=O)N2CCC(N3CCCNCC3)CC2)cc1Br. The normalized spacial score (nSPS) is 21.0. The van der Waals surface area contributed by atoms with E-state index in [1.165, 1.54) is 0 Å². The third-order valence-corrected chi connectivity index (χ3v) is 11.9. The number of amides is 4. The largest absolute Gasteiger partial charge is 0.436 e. The number of anilines is 1. The number of halogens is 2. The van der Waals surface area contributed by atoms with E-state index in [-0.39, 0.29) is 18.0 Å². The molecule has 12 heteroatoms. The highest BCUT2D eigenvalue weighted by Gasteiger charge is 2.36. The van der Waals surface area contributed by atoms with E-state index < -0.39 is 12.2 Å². The monoisotopic (exact) mass is 772 g/mol. The van der Waals surface area contributed by atoms with Gasteiger partial charge in [0.25, 0.3) is 5.91 Å². The summed E-state index contributed by atoms with van der Waals surface area (Å²) in [4.78, 5) is 48.8. The van der Waals surface area contributed by atoms with Gasteiger partial charge < -0.3 is 30.1 Å². The van der Waals surface area contributed by atoms with E-state index in [9.17, 15) is 14.4 Å². The highest BCUT2D eigenvalue weighted by molar-refractivity contribution is 9.11. The molecule has 0 unspecified atom stereocenters. The van der Waals surface area contributed by atoms with Crippen LogP contribution in [0.4, 0.5) is 15.3 Å². The van der Waals surface area contributed by atoms with Gasteiger partial charge in [0.2, 0.25) is 0 Å². The first kappa shape index (κ1) is 34.2. The van der Waals surface area contributed by atoms with Gasteiger partial charge in [-0.1, -0.05) is 50.1 Å². The van der Waals surface area contributed by atoms with Crippen molar-refractivity contribution in [2.24, 2.45) is 0 Å². The van der Waals surface area contributed by atoms with Crippen LogP contribution in [-0.4, -0.2) is 115 Å². The third-order valence-electron chi connectivity index (χ3n) is 10.3. The van der Waals surface area contributed by atoms with Crippen LogP contribution in [0.1, 0.15) is 48.8 Å². The van der Waals surface area contributed by atoms with Crippen molar-refractivity contribution >= 4 is 55.6 Å². The van der Waals surface area contributed by atoms with Crippen LogP contribution in [0.25, 0.3) is 0 Å². The second-order valence-corrected chi connectivity index (χ2v) is 14.9. The first-order chi connectivity index (χ1) is 22.8. The van der Waals surface area contributed by atoms with Crippen LogP contribution in [0, 0.1) is 6.92 Å². The Morgan fingerprint density at radius 2 is 1.57 bits per heavy atom. The zero-order chi connectivity index (χ0) is 32.9. The number of rotatable bonds is 6. The van der Waals surface area contributed by atoms with E-state index in [2.05, 4.69) is 53.5 Å². The summed E-state index contributed by atoms with van der Waals surface area (Å²) in [5, 5.41) is 6.54. The first-order valence-electron chi connectivity index (χ1n) is 17.1. The summed E-state index contributed by atoms with van der Waals surface area (Å²) in [6.45, 7) is 9.13. The number of ether oxygens (including phenoxy) is 1. The molecule has 4 aliphatic rings. The first-order valence-corrected chi connectivity index (χ1v) is 18.6. The number of carbonyl (C=O) groups excluding carboxylic acids is 3. The predicted octanol–water partition coefficient (Wildman–Crippen LogP) is 5.41. The van der Waals surface area contributed by atoms with Crippen LogP contribution in [0.15, 0.2) is 45.3 Å². The maximum atomic E-state index is 14.0. The molecule has 4 amide bonds. The molecule has 2 aromatic rings. The van der Waals surface area contributed by atoms with Gasteiger partial charge in [0.15, 0.2) is 6.10 Å². The molecular weight excluding hydrogens is 728 g/mol. The minimum Gasteiger partial charge on any atom is -0.436 e. The van der Waals surface area contributed by atoms with Crippen LogP contribution in [0.3, 0.4) is 0 Å². The molecule has 0 aliphatic carbocycles. The topological polar surface area (TPSA) is 97.5 Å². The standard InChI is InChI=1S/C35H46Br2N6O4/c1-24-29(36)21-25(22-30(24)37)23-32(33(44)41-15-8-27(9-16-41)40-14-4-12-38-13-20-40)47-35(46)42-17-10-28(11-18-42)43-19-7-26-5-2-3-6-31(26)39-34(43)45/h2-3,5-6,21-22,27-28,32,38H,4,7-20,23H2,1H3,(H,39,45)/t32-/m1/s1. The fraction of sp³-hybridized carbons (Fsp3) is 0.571. The molecule has 4 heterocycles. The van der Waals surface area contributed by atoms with E-state index >= 15 is 0 Å². The van der Waals surface area contributed by atoms with E-state index in [0.717, 1.165) is 83.2 Å². The molecule has 0 radical (unpaired) electrons. The second kappa shape index (κ2) is 15.7. The van der Waals surface area contributed by atoms with Crippen molar-refractivity contribution in [3.63, 3.8) is 0 Å². The highest BCUT2D eigenvalue weighted by Crippen LogP contribution is 2.29. The lowest BCUT2D eigenvalue weighted by molar-refractivity contribution is -0.142. The number of piperidine rings is 2. The Bertz CT molecular complexity index is 1410. The molecule has 3 fully saturated rings. The molecule has 2 N–H and O–H groups in total. The molecule has 0 aromatic heterocycles. The summed E-state index contributed by atoms with van der Waals surface area (Å²) in [6, 6.07) is 12.4. The molecule has 3 saturated heterocycles. The molecule has 47 heavy (non-hydrogen) atoms. The number of nitrogens with one attached hydrogen (secondary N) is 2. The minimum atomic E-state index is -0.921. The lowest BCUT2D eigenvalue weighted by Crippen LogP contribution is -2.52. The number of nitrogens with zero attached hydrogens (tertiary/aromatic N) is 4. The quantitative estimate of drug-likeness (QED) is 0.408. The van der Waals surface area contributed by atoms with Gasteiger partial charge in [0, 0.05) is 79.0 Å². The molecule has 0 saturated carbocycles. The Labute approximate surface area is 294 Å². The van der Waals surface area contributed by atoms with Crippen LogP contribution in [0.2, 0.25) is 0 Å². The summed E-state index contributed by atoms with van der Waals surface area (Å²) >= 11 is 7.27. The summed E-state index contributed by atoms with van der Waals surface area (Å²) in [7, 11) is 0. The van der Waals surface area contributed by atoms with Crippen molar-refractivity contribution in [1.29, 1.82) is 0 Å². The number of para-hydroxylation sites is 1. The van der Waals surface area contributed by atoms with E-state index in [1.807, 2.05) is 47.1 Å². The van der Waals surface area contributed by atoms with Crippen LogP contribution in [0.5, 0.6) is 0 Å². The Kier molecular flexibility index (Phi) is 11.4. The zero-order valence-electron chi connectivity index (χ0n) is 27.2. The number of likely N-dealkylation sites (tertiary alicyclic amines) is 2. The molecule has 6 rings (SSSR count). The van der Waals surface area contributed by atoms with Gasteiger partial charge in [-0.25, -0.2) is 9.59 Å². The highest BCUT2D eigenvalue weighted by atomic mass is 79.9. The van der Waals surface area contributed by atoms with Crippen LogP contribution >= 0.6 is 31.9 Å². The van der Waals surface area contributed by atoms with E-state index in [1.54, 1.807) is 4.90 Å². The minimum absolute atomic E-state index is 0.0364. The lowest BCUT2D eigenvalue weighted by atomic mass is 10.0. The number of hydrogen-bond donors (Lipinski definition) is 2. The number of hydrogen-bond acceptors (Lipinski definition) is 6. The fourth-order valence-electron chi connectivity index (χ4n) is 7.39. The molecule has 1 atom stereocenters. The second-order valence-electron chi connectivity index (χ2n) is 13.2. The van der Waals surface area contributed by atoms with Gasteiger partial charge in [0.1, 0.15) is 0 Å². The molecule has 10 nitrogen and oxygen atoms in total. The summed E-state index contributed by atoms with van der Waals surface area (Å²) < 4.78 is 7.98. The molecule has 254 valence electrons.